The Kier molecular flexibility index (Phi) is 3.02. The Morgan fingerprint density at radius 2 is 1.94 bits per heavy atom. The van der Waals surface area contributed by atoms with Crippen molar-refractivity contribution in [1.82, 2.24) is 4.98 Å². The first-order valence-electron chi connectivity index (χ1n) is 6.23. The highest BCUT2D eigenvalue weighted by molar-refractivity contribution is 5.57. The van der Waals surface area contributed by atoms with Crippen molar-refractivity contribution in [3.63, 3.8) is 0 Å². The lowest BCUT2D eigenvalue weighted by atomic mass is 9.87. The maximum absolute atomic E-state index is 6.07. The Balaban J connectivity index is 2.45. The van der Waals surface area contributed by atoms with Crippen LogP contribution in [-0.4, -0.2) is 25.2 Å². The first-order chi connectivity index (χ1) is 7.89. The third-order valence-corrected chi connectivity index (χ3v) is 2.93. The first kappa shape index (κ1) is 12.2. The summed E-state index contributed by atoms with van der Waals surface area (Å²) in [6.07, 6.45) is 4.62. The number of hydrogen-bond donors (Lipinski definition) is 0. The molecule has 3 nitrogen and oxygen atoms in total. The van der Waals surface area contributed by atoms with Crippen LogP contribution in [0, 0.1) is 0 Å². The number of pyridine rings is 1. The average Bonchev–Trinajstić information content (AvgIpc) is 3.00. The summed E-state index contributed by atoms with van der Waals surface area (Å²) in [5, 5.41) is 0. The first-order valence-corrected chi connectivity index (χ1v) is 6.23. The summed E-state index contributed by atoms with van der Waals surface area (Å²) < 4.78 is 6.07. The maximum atomic E-state index is 6.07. The molecule has 1 aliphatic rings. The minimum Gasteiger partial charge on any atom is -0.486 e. The summed E-state index contributed by atoms with van der Waals surface area (Å²) in [7, 11) is 4.02. The van der Waals surface area contributed by atoms with Crippen LogP contribution in [0.3, 0.4) is 0 Å². The monoisotopic (exact) mass is 234 g/mol. The van der Waals surface area contributed by atoms with Crippen molar-refractivity contribution in [2.45, 2.75) is 45.1 Å². The molecule has 1 heterocycles. The van der Waals surface area contributed by atoms with E-state index in [1.807, 2.05) is 25.2 Å². The van der Waals surface area contributed by atoms with Gasteiger partial charge in [0.25, 0.3) is 0 Å². The minimum atomic E-state index is 0.0813. The van der Waals surface area contributed by atoms with E-state index < -0.39 is 0 Å². The average molecular weight is 234 g/mol. The highest BCUT2D eigenvalue weighted by Gasteiger charge is 2.29. The number of anilines is 1. The van der Waals surface area contributed by atoms with E-state index in [1.165, 1.54) is 18.4 Å². The predicted molar refractivity (Wildman–Crippen MR) is 70.9 cm³/mol. The third-order valence-electron chi connectivity index (χ3n) is 2.93. The number of rotatable bonds is 3. The van der Waals surface area contributed by atoms with Gasteiger partial charge in [-0.3, -0.25) is 0 Å². The van der Waals surface area contributed by atoms with Gasteiger partial charge in [-0.05, 0) is 24.3 Å². The smallest absolute Gasteiger partial charge is 0.171 e. The molecule has 1 saturated carbocycles. The third kappa shape index (κ3) is 2.71. The second-order valence-electron chi connectivity index (χ2n) is 5.97. The van der Waals surface area contributed by atoms with Crippen molar-refractivity contribution >= 4 is 5.82 Å². The molecule has 3 heteroatoms. The van der Waals surface area contributed by atoms with Crippen molar-refractivity contribution in [3.8, 4) is 5.75 Å². The zero-order chi connectivity index (χ0) is 12.6. The van der Waals surface area contributed by atoms with Crippen LogP contribution in [0.1, 0.15) is 39.2 Å². The zero-order valence-electron chi connectivity index (χ0n) is 11.4. The van der Waals surface area contributed by atoms with E-state index in [9.17, 15) is 0 Å². The van der Waals surface area contributed by atoms with Crippen molar-refractivity contribution < 1.29 is 4.74 Å². The van der Waals surface area contributed by atoms with Crippen LogP contribution >= 0.6 is 0 Å². The highest BCUT2D eigenvalue weighted by Crippen LogP contribution is 2.40. The molecule has 0 saturated heterocycles. The molecule has 0 bridgehead atoms. The molecule has 1 aromatic heterocycles. The standard InChI is InChI=1S/C14H22N2O/c1-14(2,3)11-8-9-15-13(16(4)5)12(11)17-10-6-7-10/h8-10H,6-7H2,1-5H3. The fourth-order valence-electron chi connectivity index (χ4n) is 1.82. The summed E-state index contributed by atoms with van der Waals surface area (Å²) >= 11 is 0. The highest BCUT2D eigenvalue weighted by atomic mass is 16.5. The van der Waals surface area contributed by atoms with Crippen LogP contribution in [-0.2, 0) is 5.41 Å². The molecule has 0 unspecified atom stereocenters. The van der Waals surface area contributed by atoms with Crippen molar-refractivity contribution in [2.24, 2.45) is 0 Å². The lowest BCUT2D eigenvalue weighted by molar-refractivity contribution is 0.294. The van der Waals surface area contributed by atoms with Crippen LogP contribution in [0.5, 0.6) is 5.75 Å². The summed E-state index contributed by atoms with van der Waals surface area (Å²) in [4.78, 5) is 6.45. The van der Waals surface area contributed by atoms with Crippen LogP contribution in [0.2, 0.25) is 0 Å². The SMILES string of the molecule is CN(C)c1nccc(C(C)(C)C)c1OC1CC1. The molecule has 17 heavy (non-hydrogen) atoms. The van der Waals surface area contributed by atoms with E-state index in [0.29, 0.717) is 6.10 Å². The van der Waals surface area contributed by atoms with E-state index in [4.69, 9.17) is 4.74 Å². The van der Waals surface area contributed by atoms with Gasteiger partial charge in [-0.1, -0.05) is 20.8 Å². The molecule has 0 amide bonds. The van der Waals surface area contributed by atoms with Gasteiger partial charge in [0.05, 0.1) is 6.10 Å². The van der Waals surface area contributed by atoms with E-state index in [-0.39, 0.29) is 5.41 Å². The Morgan fingerprint density at radius 1 is 1.29 bits per heavy atom. The van der Waals surface area contributed by atoms with E-state index in [0.717, 1.165) is 11.6 Å². The van der Waals surface area contributed by atoms with Gasteiger partial charge >= 0.3 is 0 Å². The lowest BCUT2D eigenvalue weighted by Gasteiger charge is -2.26. The molecule has 0 N–H and O–H groups in total. The molecule has 1 aliphatic carbocycles. The molecule has 0 aromatic carbocycles. The molecule has 1 fully saturated rings. The molecular weight excluding hydrogens is 212 g/mol. The molecule has 1 aromatic rings. The van der Waals surface area contributed by atoms with Crippen molar-refractivity contribution in [3.05, 3.63) is 17.8 Å². The molecule has 0 radical (unpaired) electrons. The van der Waals surface area contributed by atoms with E-state index in [1.54, 1.807) is 0 Å². The molecule has 0 aliphatic heterocycles. The molecule has 2 rings (SSSR count). The second-order valence-corrected chi connectivity index (χ2v) is 5.97. The van der Waals surface area contributed by atoms with Gasteiger partial charge in [0, 0.05) is 25.9 Å². The largest absolute Gasteiger partial charge is 0.486 e. The Bertz CT molecular complexity index is 403. The van der Waals surface area contributed by atoms with Gasteiger partial charge in [-0.25, -0.2) is 4.98 Å². The summed E-state index contributed by atoms with van der Waals surface area (Å²) in [5.74, 6) is 1.90. The van der Waals surface area contributed by atoms with Crippen LogP contribution < -0.4 is 9.64 Å². The molecule has 94 valence electrons. The van der Waals surface area contributed by atoms with Gasteiger partial charge in [-0.2, -0.15) is 0 Å². The topological polar surface area (TPSA) is 25.4 Å². The fourth-order valence-corrected chi connectivity index (χ4v) is 1.82. The van der Waals surface area contributed by atoms with Crippen LogP contribution in [0.4, 0.5) is 5.82 Å². The normalized spacial score (nSPS) is 15.8. The fraction of sp³-hybridized carbons (Fsp3) is 0.643. The van der Waals surface area contributed by atoms with Crippen LogP contribution in [0.25, 0.3) is 0 Å². The number of aromatic nitrogens is 1. The molecule has 0 atom stereocenters. The lowest BCUT2D eigenvalue weighted by Crippen LogP contribution is -2.19. The minimum absolute atomic E-state index is 0.0813. The van der Waals surface area contributed by atoms with Gasteiger partial charge in [-0.15, -0.1) is 0 Å². The van der Waals surface area contributed by atoms with Crippen LogP contribution in [0.15, 0.2) is 12.3 Å². The molecular formula is C14H22N2O. The van der Waals surface area contributed by atoms with Crippen molar-refractivity contribution in [2.75, 3.05) is 19.0 Å². The van der Waals surface area contributed by atoms with Gasteiger partial charge in [0.2, 0.25) is 0 Å². The van der Waals surface area contributed by atoms with E-state index >= 15 is 0 Å². The zero-order valence-corrected chi connectivity index (χ0v) is 11.4. The Morgan fingerprint density at radius 3 is 2.41 bits per heavy atom. The number of ether oxygens (including phenoxy) is 1. The van der Waals surface area contributed by atoms with Gasteiger partial charge in [0.15, 0.2) is 11.6 Å². The summed E-state index contributed by atoms with van der Waals surface area (Å²) in [6.45, 7) is 6.63. The maximum Gasteiger partial charge on any atom is 0.171 e. The van der Waals surface area contributed by atoms with Gasteiger partial charge < -0.3 is 9.64 Å². The molecule has 0 spiro atoms. The number of nitrogens with zero attached hydrogens (tertiary/aromatic N) is 2. The predicted octanol–water partition coefficient (Wildman–Crippen LogP) is 2.99. The summed E-state index contributed by atoms with van der Waals surface area (Å²) in [5.41, 5.74) is 1.32. The quantitative estimate of drug-likeness (QED) is 0.804. The van der Waals surface area contributed by atoms with E-state index in [2.05, 4.69) is 31.8 Å². The Labute approximate surface area is 104 Å². The Hall–Kier alpha value is -1.25. The van der Waals surface area contributed by atoms with Crippen molar-refractivity contribution in [1.29, 1.82) is 0 Å². The van der Waals surface area contributed by atoms with Gasteiger partial charge in [0.1, 0.15) is 0 Å². The number of hydrogen-bond acceptors (Lipinski definition) is 3. The summed E-state index contributed by atoms with van der Waals surface area (Å²) in [6, 6.07) is 2.07. The second kappa shape index (κ2) is 4.21.